The van der Waals surface area contributed by atoms with Crippen molar-refractivity contribution in [2.45, 2.75) is 269 Å². The maximum atomic E-state index is 12.8. The Kier molecular flexibility index (Phi) is 38.1. The lowest BCUT2D eigenvalue weighted by molar-refractivity contribution is -0.305. The Morgan fingerprint density at radius 3 is 1.34 bits per heavy atom. The zero-order valence-electron chi connectivity index (χ0n) is 38.0. The van der Waals surface area contributed by atoms with Crippen LogP contribution in [0, 0.1) is 0 Å². The minimum Gasteiger partial charge on any atom is -0.462 e. The van der Waals surface area contributed by atoms with Gasteiger partial charge in [-0.1, -0.05) is 193 Å². The third-order valence-electron chi connectivity index (χ3n) is 11.7. The zero-order valence-corrected chi connectivity index (χ0v) is 38.0. The van der Waals surface area contributed by atoms with Crippen LogP contribution in [0.1, 0.15) is 232 Å². The van der Waals surface area contributed by atoms with Gasteiger partial charge in [0.25, 0.3) is 0 Å². The highest BCUT2D eigenvalue weighted by molar-refractivity contribution is 5.70. The lowest BCUT2D eigenvalue weighted by Crippen LogP contribution is -2.59. The van der Waals surface area contributed by atoms with Crippen LogP contribution in [0.2, 0.25) is 0 Å². The van der Waals surface area contributed by atoms with E-state index in [1.165, 1.54) is 154 Å². The Bertz CT molecular complexity index is 974. The van der Waals surface area contributed by atoms with Gasteiger partial charge in [0, 0.05) is 12.8 Å². The van der Waals surface area contributed by atoms with Crippen LogP contribution in [0.15, 0.2) is 12.2 Å². The normalized spacial score (nSPS) is 20.0. The molecular weight excluding hydrogens is 749 g/mol. The van der Waals surface area contributed by atoms with Gasteiger partial charge in [0.15, 0.2) is 12.4 Å². The maximum absolute atomic E-state index is 12.8. The van der Waals surface area contributed by atoms with Crippen LogP contribution >= 0.6 is 0 Å². The predicted octanol–water partition coefficient (Wildman–Crippen LogP) is 11.1. The van der Waals surface area contributed by atoms with Crippen molar-refractivity contribution in [3.8, 4) is 0 Å². The highest BCUT2D eigenvalue weighted by Gasteiger charge is 2.44. The Hall–Kier alpha value is -1.56. The molecule has 0 amide bonds. The lowest BCUT2D eigenvalue weighted by atomic mass is 9.99. The van der Waals surface area contributed by atoms with E-state index >= 15 is 0 Å². The van der Waals surface area contributed by atoms with E-state index in [-0.39, 0.29) is 32.0 Å². The quantitative estimate of drug-likeness (QED) is 0.0265. The van der Waals surface area contributed by atoms with E-state index in [0.717, 1.165) is 44.9 Å². The average molecular weight is 841 g/mol. The fraction of sp³-hybridized carbons (Fsp3) is 0.918. The molecule has 1 saturated heterocycles. The molecule has 2 unspecified atom stereocenters. The van der Waals surface area contributed by atoms with E-state index in [1.54, 1.807) is 0 Å². The summed E-state index contributed by atoms with van der Waals surface area (Å²) >= 11 is 0. The molecule has 0 radical (unpaired) electrons. The highest BCUT2D eigenvalue weighted by Crippen LogP contribution is 2.23. The Labute approximate surface area is 361 Å². The first-order valence-electron chi connectivity index (χ1n) is 24.8. The molecule has 1 aliphatic heterocycles. The van der Waals surface area contributed by atoms with Gasteiger partial charge < -0.3 is 39.4 Å². The Morgan fingerprint density at radius 1 is 0.508 bits per heavy atom. The van der Waals surface area contributed by atoms with Crippen LogP contribution in [0.4, 0.5) is 0 Å². The number of carbonyl (C=O) groups excluding carboxylic acids is 2. The maximum Gasteiger partial charge on any atom is 0.306 e. The van der Waals surface area contributed by atoms with E-state index in [2.05, 4.69) is 26.0 Å². The van der Waals surface area contributed by atoms with E-state index < -0.39 is 49.4 Å². The third-order valence-corrected chi connectivity index (χ3v) is 11.7. The number of carbonyl (C=O) groups is 2. The molecule has 1 rings (SSSR count). The van der Waals surface area contributed by atoms with Gasteiger partial charge in [-0.2, -0.15) is 0 Å². The molecule has 6 atom stereocenters. The molecule has 348 valence electrons. The van der Waals surface area contributed by atoms with Crippen molar-refractivity contribution in [3.05, 3.63) is 12.2 Å². The first-order valence-corrected chi connectivity index (χ1v) is 24.8. The van der Waals surface area contributed by atoms with Gasteiger partial charge >= 0.3 is 11.9 Å². The highest BCUT2D eigenvalue weighted by atomic mass is 16.7. The van der Waals surface area contributed by atoms with Gasteiger partial charge in [-0.15, -0.1) is 0 Å². The molecule has 1 fully saturated rings. The summed E-state index contributed by atoms with van der Waals surface area (Å²) in [4.78, 5) is 25.4. The van der Waals surface area contributed by atoms with Crippen molar-refractivity contribution < 1.29 is 49.0 Å². The molecule has 1 aliphatic rings. The predicted molar refractivity (Wildman–Crippen MR) is 238 cm³/mol. The second-order valence-electron chi connectivity index (χ2n) is 17.3. The summed E-state index contributed by atoms with van der Waals surface area (Å²) in [6.07, 6.45) is 36.6. The molecule has 10 nitrogen and oxygen atoms in total. The number of rotatable bonds is 42. The molecule has 0 aromatic heterocycles. The topological polar surface area (TPSA) is 152 Å². The van der Waals surface area contributed by atoms with Gasteiger partial charge in [0.05, 0.1) is 13.2 Å². The number of aliphatic hydroxyl groups excluding tert-OH is 4. The smallest absolute Gasteiger partial charge is 0.306 e. The van der Waals surface area contributed by atoms with Crippen molar-refractivity contribution in [2.75, 3.05) is 19.8 Å². The number of allylic oxidation sites excluding steroid dienone is 2. The summed E-state index contributed by atoms with van der Waals surface area (Å²) in [5, 5.41) is 40.1. The lowest BCUT2D eigenvalue weighted by Gasteiger charge is -2.39. The van der Waals surface area contributed by atoms with Crippen LogP contribution in [-0.2, 0) is 28.5 Å². The molecule has 0 aromatic carbocycles. The summed E-state index contributed by atoms with van der Waals surface area (Å²) < 4.78 is 22.2. The van der Waals surface area contributed by atoms with Crippen LogP contribution < -0.4 is 0 Å². The van der Waals surface area contributed by atoms with Crippen molar-refractivity contribution in [3.63, 3.8) is 0 Å². The number of hydrogen-bond donors (Lipinski definition) is 4. The minimum atomic E-state index is -1.59. The van der Waals surface area contributed by atoms with Gasteiger partial charge in [0.1, 0.15) is 31.0 Å². The third kappa shape index (κ3) is 31.9. The summed E-state index contributed by atoms with van der Waals surface area (Å²) in [6.45, 7) is 3.43. The number of ether oxygens (including phenoxy) is 4. The molecule has 0 bridgehead atoms. The molecule has 59 heavy (non-hydrogen) atoms. The molecule has 4 N–H and O–H groups in total. The zero-order chi connectivity index (χ0) is 43.0. The van der Waals surface area contributed by atoms with E-state index in [1.807, 2.05) is 0 Å². The molecular formula is C49H92O10. The van der Waals surface area contributed by atoms with Crippen LogP contribution in [-0.4, -0.2) is 89.0 Å². The van der Waals surface area contributed by atoms with Crippen molar-refractivity contribution >= 4 is 11.9 Å². The molecule has 0 aromatic rings. The molecule has 10 heteroatoms. The fourth-order valence-corrected chi connectivity index (χ4v) is 7.71. The van der Waals surface area contributed by atoms with Crippen molar-refractivity contribution in [1.82, 2.24) is 0 Å². The average Bonchev–Trinajstić information content (AvgIpc) is 3.23. The molecule has 1 heterocycles. The fourth-order valence-electron chi connectivity index (χ4n) is 7.71. The van der Waals surface area contributed by atoms with Crippen molar-refractivity contribution in [1.29, 1.82) is 0 Å². The number of unbranched alkanes of at least 4 members (excludes halogenated alkanes) is 29. The SMILES string of the molecule is CCCCCCCC/C=C/CCCCCC(=O)O[C@@H](COC(=O)CCCCCCCCCCCCCCCCCCCCCCC)CO[C@H]1O[C@@H](CO)[C@@H](O)C(O)C1O. The Morgan fingerprint density at radius 2 is 0.898 bits per heavy atom. The summed E-state index contributed by atoms with van der Waals surface area (Å²) in [7, 11) is 0. The number of esters is 2. The van der Waals surface area contributed by atoms with E-state index in [4.69, 9.17) is 18.9 Å². The second-order valence-corrected chi connectivity index (χ2v) is 17.3. The van der Waals surface area contributed by atoms with Gasteiger partial charge in [0.2, 0.25) is 0 Å². The van der Waals surface area contributed by atoms with Crippen LogP contribution in [0.3, 0.4) is 0 Å². The molecule has 0 aliphatic carbocycles. The largest absolute Gasteiger partial charge is 0.462 e. The summed E-state index contributed by atoms with van der Waals surface area (Å²) in [5.41, 5.74) is 0. The first-order chi connectivity index (χ1) is 28.8. The van der Waals surface area contributed by atoms with Crippen LogP contribution in [0.5, 0.6) is 0 Å². The standard InChI is InChI=1S/C49H92O10/c1-3-5-7-9-11-13-15-17-18-19-20-21-22-23-24-26-27-29-31-33-35-37-44(51)56-40-42(41-57-49-48(55)47(54)46(53)43(39-50)59-49)58-45(52)38-36-34-32-30-28-25-16-14-12-10-8-6-4-2/h25,28,42-43,46-50,53-55H,3-24,26-27,29-41H2,1-2H3/b28-25+/t42-,43-,46+,47?,48?,49-/m0/s1. The van der Waals surface area contributed by atoms with Gasteiger partial charge in [-0.3, -0.25) is 9.59 Å². The van der Waals surface area contributed by atoms with Gasteiger partial charge in [-0.05, 0) is 38.5 Å². The Balaban J connectivity index is 2.24. The van der Waals surface area contributed by atoms with Gasteiger partial charge in [-0.25, -0.2) is 0 Å². The van der Waals surface area contributed by atoms with E-state index in [0.29, 0.717) is 6.42 Å². The first kappa shape index (κ1) is 55.5. The van der Waals surface area contributed by atoms with Crippen molar-refractivity contribution in [2.24, 2.45) is 0 Å². The summed E-state index contributed by atoms with van der Waals surface area (Å²) in [6, 6.07) is 0. The number of hydrogen-bond acceptors (Lipinski definition) is 10. The molecule has 0 spiro atoms. The second kappa shape index (κ2) is 40.5. The minimum absolute atomic E-state index is 0.214. The van der Waals surface area contributed by atoms with Crippen LogP contribution in [0.25, 0.3) is 0 Å². The molecule has 0 saturated carbocycles. The summed E-state index contributed by atoms with van der Waals surface area (Å²) in [5.74, 6) is -0.812. The monoisotopic (exact) mass is 841 g/mol. The van der Waals surface area contributed by atoms with E-state index in [9.17, 15) is 30.0 Å². The number of aliphatic hydroxyl groups is 4.